The zero-order valence-electron chi connectivity index (χ0n) is 15.8. The molecule has 0 radical (unpaired) electrons. The van der Waals surface area contributed by atoms with Crippen LogP contribution in [0.4, 0.5) is 0 Å². The molecule has 0 saturated heterocycles. The average molecular weight is 338 g/mol. The van der Waals surface area contributed by atoms with Crippen LogP contribution >= 0.6 is 0 Å². The minimum absolute atomic E-state index is 0.120. The summed E-state index contributed by atoms with van der Waals surface area (Å²) in [5, 5.41) is 8.63. The third-order valence-electron chi connectivity index (χ3n) is 9.44. The van der Waals surface area contributed by atoms with Gasteiger partial charge >= 0.3 is 0 Å². The minimum atomic E-state index is 0.120. The van der Waals surface area contributed by atoms with Crippen molar-refractivity contribution in [2.24, 2.45) is 46.3 Å². The van der Waals surface area contributed by atoms with E-state index in [-0.39, 0.29) is 5.41 Å². The topological polar surface area (TPSA) is 40.9 Å². The molecule has 3 fully saturated rings. The van der Waals surface area contributed by atoms with Gasteiger partial charge in [0.15, 0.2) is 5.78 Å². The van der Waals surface area contributed by atoms with E-state index in [2.05, 4.69) is 32.9 Å². The highest BCUT2D eigenvalue weighted by Gasteiger charge is 2.75. The second-order valence-corrected chi connectivity index (χ2v) is 9.76. The van der Waals surface area contributed by atoms with Crippen molar-refractivity contribution >= 4 is 11.5 Å². The average Bonchev–Trinajstić information content (AvgIpc) is 3.35. The summed E-state index contributed by atoms with van der Waals surface area (Å²) in [6.07, 6.45) is 13.7. The summed E-state index contributed by atoms with van der Waals surface area (Å²) in [7, 11) is 0. The van der Waals surface area contributed by atoms with Crippen molar-refractivity contribution in [3.63, 3.8) is 0 Å². The van der Waals surface area contributed by atoms with E-state index >= 15 is 0 Å². The van der Waals surface area contributed by atoms with Crippen molar-refractivity contribution in [1.82, 2.24) is 0 Å². The normalized spacial score (nSPS) is 52.6. The Morgan fingerprint density at radius 1 is 1.32 bits per heavy atom. The van der Waals surface area contributed by atoms with Crippen LogP contribution in [0.1, 0.15) is 59.3 Å². The van der Waals surface area contributed by atoms with Crippen molar-refractivity contribution in [2.75, 3.05) is 0 Å². The number of hydrogen-bond acceptors (Lipinski definition) is 2. The molecule has 25 heavy (non-hydrogen) atoms. The molecule has 0 spiro atoms. The molecule has 0 bridgehead atoms. The summed E-state index contributed by atoms with van der Waals surface area (Å²) < 4.78 is 0. The Bertz CT molecular complexity index is 718. The van der Waals surface area contributed by atoms with Crippen LogP contribution in [0.2, 0.25) is 0 Å². The van der Waals surface area contributed by atoms with Crippen molar-refractivity contribution in [2.45, 2.75) is 59.3 Å². The smallest absolute Gasteiger partial charge is 0.155 e. The summed E-state index contributed by atoms with van der Waals surface area (Å²) in [6, 6.07) is 0. The summed E-state index contributed by atoms with van der Waals surface area (Å²) in [5.74, 6) is 4.73. The number of rotatable bonds is 2. The lowest BCUT2D eigenvalue weighted by molar-refractivity contribution is -0.115. The molecule has 5 aliphatic rings. The van der Waals surface area contributed by atoms with Gasteiger partial charge in [-0.15, -0.1) is 0 Å². The molecule has 8 unspecified atom stereocenters. The Labute approximate surface area is 151 Å². The standard InChI is InChI=1S/C23H31NO/c1-4-23-10-9-17-16-8-6-15(25)11-14(16)5-7-18(17)21(23)19-12-20(19)22(23,3)13(2)24/h5,7,11,16-21,24H,4,6,8-10,12H2,1-3H3. The molecule has 0 aromatic heterocycles. The molecule has 8 atom stereocenters. The lowest BCUT2D eigenvalue weighted by Gasteiger charge is -2.58. The number of fused-ring (bicyclic) bond motifs is 7. The van der Waals surface area contributed by atoms with E-state index in [0.717, 1.165) is 42.2 Å². The van der Waals surface area contributed by atoms with Crippen LogP contribution in [0.25, 0.3) is 0 Å². The van der Waals surface area contributed by atoms with Crippen LogP contribution in [0.3, 0.4) is 0 Å². The molecule has 0 aromatic carbocycles. The van der Waals surface area contributed by atoms with E-state index < -0.39 is 0 Å². The molecule has 134 valence electrons. The molecule has 0 aromatic rings. The van der Waals surface area contributed by atoms with Crippen molar-refractivity contribution < 1.29 is 4.79 Å². The summed E-state index contributed by atoms with van der Waals surface area (Å²) in [4.78, 5) is 11.8. The van der Waals surface area contributed by atoms with E-state index in [9.17, 15) is 4.79 Å². The zero-order valence-corrected chi connectivity index (χ0v) is 15.8. The van der Waals surface area contributed by atoms with Gasteiger partial charge in [-0.2, -0.15) is 0 Å². The third kappa shape index (κ3) is 1.77. The van der Waals surface area contributed by atoms with Gasteiger partial charge in [0.05, 0.1) is 0 Å². The maximum Gasteiger partial charge on any atom is 0.155 e. The number of ketones is 1. The maximum atomic E-state index is 11.8. The predicted octanol–water partition coefficient (Wildman–Crippen LogP) is 5.20. The third-order valence-corrected chi connectivity index (χ3v) is 9.44. The highest BCUT2D eigenvalue weighted by molar-refractivity contribution is 5.92. The Morgan fingerprint density at radius 3 is 2.84 bits per heavy atom. The van der Waals surface area contributed by atoms with E-state index in [1.165, 1.54) is 31.3 Å². The van der Waals surface area contributed by atoms with Crippen LogP contribution in [-0.2, 0) is 4.79 Å². The Balaban J connectivity index is 1.59. The zero-order chi connectivity index (χ0) is 17.6. The van der Waals surface area contributed by atoms with Gasteiger partial charge in [-0.1, -0.05) is 26.0 Å². The summed E-state index contributed by atoms with van der Waals surface area (Å²) in [5.41, 5.74) is 2.71. The number of carbonyl (C=O) groups excluding carboxylic acids is 1. The lowest BCUT2D eigenvalue weighted by atomic mass is 9.46. The Morgan fingerprint density at radius 2 is 2.12 bits per heavy atom. The first kappa shape index (κ1) is 16.0. The second kappa shape index (κ2) is 4.96. The number of allylic oxidation sites excluding steroid dienone is 4. The molecule has 3 saturated carbocycles. The first-order valence-corrected chi connectivity index (χ1v) is 10.4. The van der Waals surface area contributed by atoms with Crippen LogP contribution in [0.15, 0.2) is 23.8 Å². The van der Waals surface area contributed by atoms with Gasteiger partial charge in [-0.05, 0) is 91.6 Å². The molecule has 0 heterocycles. The van der Waals surface area contributed by atoms with Gasteiger partial charge in [-0.3, -0.25) is 4.79 Å². The van der Waals surface area contributed by atoms with Gasteiger partial charge in [0, 0.05) is 17.5 Å². The van der Waals surface area contributed by atoms with Crippen molar-refractivity contribution in [1.29, 1.82) is 5.41 Å². The molecular weight excluding hydrogens is 306 g/mol. The first-order chi connectivity index (χ1) is 11.9. The van der Waals surface area contributed by atoms with Crippen LogP contribution < -0.4 is 0 Å². The van der Waals surface area contributed by atoms with E-state index in [1.54, 1.807) is 0 Å². The van der Waals surface area contributed by atoms with Crippen LogP contribution in [0.5, 0.6) is 0 Å². The molecule has 0 amide bonds. The van der Waals surface area contributed by atoms with Gasteiger partial charge in [0.25, 0.3) is 0 Å². The summed E-state index contributed by atoms with van der Waals surface area (Å²) >= 11 is 0. The van der Waals surface area contributed by atoms with Gasteiger partial charge < -0.3 is 5.41 Å². The predicted molar refractivity (Wildman–Crippen MR) is 100 cm³/mol. The molecule has 5 rings (SSSR count). The molecule has 2 heteroatoms. The quantitative estimate of drug-likeness (QED) is 0.692. The number of carbonyl (C=O) groups is 1. The molecule has 0 aliphatic heterocycles. The first-order valence-electron chi connectivity index (χ1n) is 10.4. The molecule has 1 N–H and O–H groups in total. The van der Waals surface area contributed by atoms with Crippen molar-refractivity contribution in [3.8, 4) is 0 Å². The van der Waals surface area contributed by atoms with Gasteiger partial charge in [-0.25, -0.2) is 0 Å². The molecular formula is C23H31NO. The van der Waals surface area contributed by atoms with E-state index in [4.69, 9.17) is 5.41 Å². The maximum absolute atomic E-state index is 11.8. The van der Waals surface area contributed by atoms with Gasteiger partial charge in [0.2, 0.25) is 0 Å². The van der Waals surface area contributed by atoms with Crippen LogP contribution in [-0.4, -0.2) is 11.5 Å². The fraction of sp³-hybridized carbons (Fsp3) is 0.739. The molecule has 5 aliphatic carbocycles. The monoisotopic (exact) mass is 337 g/mol. The lowest BCUT2D eigenvalue weighted by Crippen LogP contribution is -2.53. The molecule has 2 nitrogen and oxygen atoms in total. The van der Waals surface area contributed by atoms with Crippen LogP contribution in [0, 0.1) is 51.7 Å². The number of hydrogen-bond donors (Lipinski definition) is 1. The second-order valence-electron chi connectivity index (χ2n) is 9.76. The van der Waals surface area contributed by atoms with Crippen molar-refractivity contribution in [3.05, 3.63) is 23.8 Å². The fourth-order valence-electron chi connectivity index (χ4n) is 8.21. The highest BCUT2D eigenvalue weighted by Crippen LogP contribution is 2.79. The fourth-order valence-corrected chi connectivity index (χ4v) is 8.21. The summed E-state index contributed by atoms with van der Waals surface area (Å²) in [6.45, 7) is 6.89. The highest BCUT2D eigenvalue weighted by atomic mass is 16.1. The Kier molecular flexibility index (Phi) is 3.18. The van der Waals surface area contributed by atoms with E-state index in [0.29, 0.717) is 23.0 Å². The SMILES string of the molecule is CCC12CCC3C4CCC(=O)C=C4C=CC3C1C1CC1C2(C)C(C)=N. The van der Waals surface area contributed by atoms with Gasteiger partial charge in [0.1, 0.15) is 0 Å². The minimum Gasteiger partial charge on any atom is -0.309 e. The largest absolute Gasteiger partial charge is 0.309 e. The Hall–Kier alpha value is -1.18. The number of nitrogens with one attached hydrogen (secondary N) is 1. The van der Waals surface area contributed by atoms with E-state index in [1.807, 2.05) is 6.08 Å².